The van der Waals surface area contributed by atoms with Crippen LogP contribution in [-0.4, -0.2) is 0 Å². The van der Waals surface area contributed by atoms with Crippen LogP contribution < -0.4 is 9.80 Å². The minimum absolute atomic E-state index is 0.0400. The quantitative estimate of drug-likeness (QED) is 0.126. The molecule has 21 aromatic rings. The van der Waals surface area contributed by atoms with Crippen molar-refractivity contribution in [2.24, 2.45) is 0 Å². The van der Waals surface area contributed by atoms with Gasteiger partial charge in [0.05, 0.1) is 0 Å². The third-order valence-corrected chi connectivity index (χ3v) is 31.0. The standard InChI is InChI=1S/C52H48N2.C44H32.C38H28/c1-33-9-17-37(18-10-33)53(38-19-11-34(2)12-20-38)41-25-27-43-45-31-50-46(32-49(45)51(5,6)47(43)29-41)44-28-26-42(30-48(44)52(50,7)8)54(39-21-13-35(3)14-22-39)40-23-15-36(4)16-24-40;1-29-23-25-35-37(27-29)41(33-19-11-5-12-20-33)43-40(32-17-9-4-10-18-32)36-26-24-30(2)28-38(36)42(34-21-13-6-14-22-34)44(43)39(35)31-15-7-3-8-16-31;1-37(2)30-17-16-21-10-5-6-11-22(21)35(30)28-19-32-29(20-31(28)37)36-26-15-9-14-25-23-12-7-8-13-24(23)27(34(25)26)18-33(36)38(32,3)4/h9-32H,1-8H3;3-28H,1-2H3;5-20H,1-4H3. The number of benzene rings is 21. The summed E-state index contributed by atoms with van der Waals surface area (Å²) in [4.78, 5) is 4.79. The minimum Gasteiger partial charge on any atom is -0.310 e. The van der Waals surface area contributed by atoms with Gasteiger partial charge in [0, 0.05) is 55.8 Å². The van der Waals surface area contributed by atoms with E-state index in [-0.39, 0.29) is 21.7 Å². The summed E-state index contributed by atoms with van der Waals surface area (Å²) in [6, 6.07) is 150. The van der Waals surface area contributed by atoms with E-state index in [1.165, 1.54) is 254 Å². The molecule has 0 heterocycles. The molecule has 0 saturated heterocycles. The average Bonchev–Trinajstić information content (AvgIpc) is 1.64. The third-order valence-electron chi connectivity index (χ3n) is 31.0. The summed E-state index contributed by atoms with van der Waals surface area (Å²) in [5, 5.41) is 13.2. The van der Waals surface area contributed by atoms with Crippen molar-refractivity contribution < 1.29 is 0 Å². The van der Waals surface area contributed by atoms with Crippen LogP contribution in [0, 0.1) is 41.5 Å². The zero-order valence-electron chi connectivity index (χ0n) is 80.0. The Bertz CT molecular complexity index is 8060. The maximum atomic E-state index is 2.56. The van der Waals surface area contributed by atoms with Gasteiger partial charge in [-0.2, -0.15) is 0 Å². The van der Waals surface area contributed by atoms with Crippen molar-refractivity contribution in [2.45, 2.75) is 119 Å². The molecule has 0 unspecified atom stereocenters. The average molecular weight is 1750 g/mol. The minimum atomic E-state index is -0.164. The highest BCUT2D eigenvalue weighted by atomic mass is 15.1. The van der Waals surface area contributed by atoms with E-state index in [4.69, 9.17) is 0 Å². The first-order chi connectivity index (χ1) is 66.0. The molecule has 0 N–H and O–H groups in total. The second-order valence-corrected chi connectivity index (χ2v) is 41.0. The summed E-state index contributed by atoms with van der Waals surface area (Å²) < 4.78 is 0. The van der Waals surface area contributed by atoms with Gasteiger partial charge in [0.2, 0.25) is 0 Å². The van der Waals surface area contributed by atoms with Crippen LogP contribution in [0.5, 0.6) is 0 Å². The molecule has 2 heteroatoms. The van der Waals surface area contributed by atoms with Gasteiger partial charge in [-0.05, 0) is 354 Å². The Morgan fingerprint density at radius 2 is 0.456 bits per heavy atom. The molecule has 0 fully saturated rings. The van der Waals surface area contributed by atoms with Crippen LogP contribution in [-0.2, 0) is 21.7 Å². The lowest BCUT2D eigenvalue weighted by atomic mass is 9.77. The summed E-state index contributed by atoms with van der Waals surface area (Å²) in [6.07, 6.45) is 0. The first-order valence-corrected chi connectivity index (χ1v) is 48.4. The summed E-state index contributed by atoms with van der Waals surface area (Å²) in [6.45, 7) is 32.3. The Kier molecular flexibility index (Phi) is 19.4. The number of nitrogens with zero attached hydrogens (tertiary/aromatic N) is 2. The van der Waals surface area contributed by atoms with E-state index in [0.717, 1.165) is 22.7 Å². The van der Waals surface area contributed by atoms with Crippen molar-refractivity contribution in [3.63, 3.8) is 0 Å². The molecule has 0 amide bonds. The van der Waals surface area contributed by atoms with Gasteiger partial charge in [0.15, 0.2) is 0 Å². The Labute approximate surface area is 800 Å². The Balaban J connectivity index is 0.000000113. The lowest BCUT2D eigenvalue weighted by molar-refractivity contribution is 0.652. The van der Waals surface area contributed by atoms with Gasteiger partial charge in [0.25, 0.3) is 0 Å². The maximum absolute atomic E-state index is 2.56. The van der Waals surface area contributed by atoms with Crippen LogP contribution >= 0.6 is 0 Å². The van der Waals surface area contributed by atoms with Crippen molar-refractivity contribution in [2.75, 3.05) is 9.80 Å². The maximum Gasteiger partial charge on any atom is 0.0465 e. The van der Waals surface area contributed by atoms with Gasteiger partial charge in [-0.1, -0.05) is 386 Å². The number of aryl methyl sites for hydroxylation is 6. The molecule has 5 aliphatic rings. The molecular formula is C134H108N2. The molecule has 0 atom stereocenters. The van der Waals surface area contributed by atoms with Gasteiger partial charge in [-0.3, -0.25) is 0 Å². The summed E-state index contributed by atoms with van der Waals surface area (Å²) in [7, 11) is 0. The molecule has 2 nitrogen and oxygen atoms in total. The molecular weight excluding hydrogens is 1640 g/mol. The SMILES string of the molecule is CC1(C)c2cc3c(cc2-c2c1ccc1ccccc21)C(C)(C)c1cc2c4c(cccc4c1-3)-c1ccccc1-2.Cc1ccc(N(c2ccc(C)cc2)c2ccc3c(c2)C(C)(C)c2cc4c(cc2-3)C(C)(C)c2cc(N(c3ccc(C)cc3)c3ccc(C)cc3)ccc2-4)cc1.Cc1ccc2c(-c3ccccc3)c3c(-c4ccccc4)c4cc(C)ccc4c(-c4ccccc4)c3c(-c3ccccc3)c2c1. The zero-order chi connectivity index (χ0) is 92.7. The van der Waals surface area contributed by atoms with Crippen LogP contribution in [0.1, 0.15) is 133 Å². The molecule has 0 radical (unpaired) electrons. The highest BCUT2D eigenvalue weighted by Crippen LogP contribution is 2.64. The number of hydrogen-bond donors (Lipinski definition) is 0. The molecule has 654 valence electrons. The fraction of sp³-hybridized carbons (Fsp3) is 0.134. The molecule has 0 aromatic heterocycles. The van der Waals surface area contributed by atoms with Crippen LogP contribution in [0.2, 0.25) is 0 Å². The van der Waals surface area contributed by atoms with Gasteiger partial charge in [-0.15, -0.1) is 0 Å². The fourth-order valence-corrected chi connectivity index (χ4v) is 24.0. The molecule has 0 saturated carbocycles. The molecule has 0 spiro atoms. The predicted molar refractivity (Wildman–Crippen MR) is 581 cm³/mol. The van der Waals surface area contributed by atoms with Gasteiger partial charge in [0.1, 0.15) is 0 Å². The molecule has 26 rings (SSSR count). The second kappa shape index (κ2) is 31.6. The fourth-order valence-electron chi connectivity index (χ4n) is 24.0. The number of hydrogen-bond acceptors (Lipinski definition) is 2. The monoisotopic (exact) mass is 1740 g/mol. The van der Waals surface area contributed by atoms with E-state index in [0.29, 0.717) is 0 Å². The first-order valence-electron chi connectivity index (χ1n) is 48.4. The van der Waals surface area contributed by atoms with E-state index in [2.05, 4.69) is 507 Å². The number of fused-ring (bicyclic) bond motifs is 21. The van der Waals surface area contributed by atoms with Crippen molar-refractivity contribution in [3.8, 4) is 111 Å². The lowest BCUT2D eigenvalue weighted by Gasteiger charge is -2.28. The Morgan fingerprint density at radius 1 is 0.154 bits per heavy atom. The van der Waals surface area contributed by atoms with E-state index in [9.17, 15) is 0 Å². The van der Waals surface area contributed by atoms with Crippen LogP contribution in [0.3, 0.4) is 0 Å². The van der Waals surface area contributed by atoms with E-state index < -0.39 is 0 Å². The second-order valence-electron chi connectivity index (χ2n) is 41.0. The van der Waals surface area contributed by atoms with Crippen LogP contribution in [0.4, 0.5) is 34.1 Å². The van der Waals surface area contributed by atoms with E-state index in [1.54, 1.807) is 0 Å². The Hall–Kier alpha value is -15.5. The number of anilines is 6. The smallest absolute Gasteiger partial charge is 0.0465 e. The van der Waals surface area contributed by atoms with Gasteiger partial charge in [-0.25, -0.2) is 0 Å². The summed E-state index contributed by atoms with van der Waals surface area (Å²) >= 11 is 0. The highest BCUT2D eigenvalue weighted by Gasteiger charge is 2.46. The zero-order valence-corrected chi connectivity index (χ0v) is 80.0. The molecule has 0 bridgehead atoms. The predicted octanol–water partition coefficient (Wildman–Crippen LogP) is 37.2. The molecule has 0 aliphatic heterocycles. The molecule has 5 aliphatic carbocycles. The van der Waals surface area contributed by atoms with E-state index in [1.807, 2.05) is 0 Å². The van der Waals surface area contributed by atoms with Gasteiger partial charge >= 0.3 is 0 Å². The summed E-state index contributed by atoms with van der Waals surface area (Å²) in [5.74, 6) is 0. The lowest BCUT2D eigenvalue weighted by Crippen LogP contribution is -2.18. The first kappa shape index (κ1) is 83.6. The van der Waals surface area contributed by atoms with E-state index >= 15 is 0 Å². The van der Waals surface area contributed by atoms with Crippen LogP contribution in [0.25, 0.3) is 165 Å². The molecule has 21 aromatic carbocycles. The summed E-state index contributed by atoms with van der Waals surface area (Å²) in [5.41, 5.74) is 52.2. The molecule has 136 heavy (non-hydrogen) atoms. The Morgan fingerprint density at radius 3 is 0.875 bits per heavy atom. The highest BCUT2D eigenvalue weighted by molar-refractivity contribution is 6.34. The number of rotatable bonds is 10. The van der Waals surface area contributed by atoms with Crippen molar-refractivity contribution in [1.82, 2.24) is 0 Å². The topological polar surface area (TPSA) is 6.48 Å². The normalized spacial score (nSPS) is 13.9. The van der Waals surface area contributed by atoms with Gasteiger partial charge < -0.3 is 9.80 Å². The van der Waals surface area contributed by atoms with Crippen molar-refractivity contribution in [3.05, 3.63) is 478 Å². The van der Waals surface area contributed by atoms with Crippen molar-refractivity contribution >= 4 is 88.0 Å². The van der Waals surface area contributed by atoms with Crippen molar-refractivity contribution in [1.29, 1.82) is 0 Å². The van der Waals surface area contributed by atoms with Crippen LogP contribution in [0.15, 0.2) is 400 Å². The third kappa shape index (κ3) is 13.1. The largest absolute Gasteiger partial charge is 0.310 e.